The Bertz CT molecular complexity index is 907. The fourth-order valence-electron chi connectivity index (χ4n) is 2.39. The smallest absolute Gasteiger partial charge is 0.294 e. The van der Waals surface area contributed by atoms with E-state index >= 15 is 0 Å². The lowest BCUT2D eigenvalue weighted by Gasteiger charge is -2.27. The lowest BCUT2D eigenvalue weighted by Crippen LogP contribution is -2.31. The first-order chi connectivity index (χ1) is 12.3. The summed E-state index contributed by atoms with van der Waals surface area (Å²) in [6.07, 6.45) is 0.267. The Balaban J connectivity index is 2.44. The Kier molecular flexibility index (Phi) is 6.44. The van der Waals surface area contributed by atoms with Crippen LogP contribution in [0.3, 0.4) is 0 Å². The third-order valence-corrected chi connectivity index (χ3v) is 4.41. The molecule has 0 radical (unpaired) electrons. The molecule has 8 heteroatoms. The van der Waals surface area contributed by atoms with Crippen LogP contribution in [0.1, 0.15) is 18.9 Å². The average molecular weight is 375 g/mol. The summed E-state index contributed by atoms with van der Waals surface area (Å²) in [5.41, 5.74) is 5.35. The van der Waals surface area contributed by atoms with Crippen LogP contribution in [0, 0.1) is 18.3 Å². The second kappa shape index (κ2) is 8.56. The molecule has 2 aromatic rings. The van der Waals surface area contributed by atoms with Gasteiger partial charge in [0.25, 0.3) is 10.1 Å². The molecule has 0 spiro atoms. The number of ether oxygens (including phenoxy) is 1. The van der Waals surface area contributed by atoms with Gasteiger partial charge in [0.1, 0.15) is 5.75 Å². The molecular formula is C18H21N3O4S. The highest BCUT2D eigenvalue weighted by Gasteiger charge is 2.16. The summed E-state index contributed by atoms with van der Waals surface area (Å²) in [6.45, 7) is 4.54. The number of nitriles is 1. The largest absolute Gasteiger partial charge is 0.492 e. The van der Waals surface area contributed by atoms with Crippen molar-refractivity contribution in [3.05, 3.63) is 48.0 Å². The van der Waals surface area contributed by atoms with Gasteiger partial charge in [-0.25, -0.2) is 0 Å². The van der Waals surface area contributed by atoms with E-state index in [-0.39, 0.29) is 11.3 Å². The molecule has 2 rings (SSSR count). The van der Waals surface area contributed by atoms with Crippen LogP contribution < -0.4 is 15.2 Å². The molecule has 0 saturated carbocycles. The number of hydrogen-bond donors (Lipinski definition) is 2. The summed E-state index contributed by atoms with van der Waals surface area (Å²) in [5, 5.41) is 10.7. The van der Waals surface area contributed by atoms with E-state index < -0.39 is 10.1 Å². The van der Waals surface area contributed by atoms with E-state index in [4.69, 9.17) is 10.00 Å². The summed E-state index contributed by atoms with van der Waals surface area (Å²) in [6, 6.07) is 13.8. The number of nitrogens with zero attached hydrogens (tertiary/aromatic N) is 2. The van der Waals surface area contributed by atoms with Crippen molar-refractivity contribution in [1.29, 1.82) is 5.26 Å². The van der Waals surface area contributed by atoms with Gasteiger partial charge in [-0.05, 0) is 49.7 Å². The van der Waals surface area contributed by atoms with Crippen LogP contribution in [0.4, 0.5) is 11.4 Å². The third kappa shape index (κ3) is 5.12. The molecule has 0 aliphatic carbocycles. The highest BCUT2D eigenvalue weighted by atomic mass is 32.2. The molecule has 0 amide bonds. The Morgan fingerprint density at radius 3 is 2.65 bits per heavy atom. The highest BCUT2D eigenvalue weighted by molar-refractivity contribution is 7.85. The van der Waals surface area contributed by atoms with Gasteiger partial charge in [-0.2, -0.15) is 13.7 Å². The molecular weight excluding hydrogens is 354 g/mol. The predicted octanol–water partition coefficient (Wildman–Crippen LogP) is 3.39. The van der Waals surface area contributed by atoms with Crippen LogP contribution in [0.15, 0.2) is 47.4 Å². The van der Waals surface area contributed by atoms with Gasteiger partial charge >= 0.3 is 0 Å². The highest BCUT2D eigenvalue weighted by Crippen LogP contribution is 2.29. The molecule has 0 unspecified atom stereocenters. The number of rotatable bonds is 8. The van der Waals surface area contributed by atoms with Gasteiger partial charge in [-0.15, -0.1) is 0 Å². The number of hydrazine groups is 1. The van der Waals surface area contributed by atoms with E-state index in [9.17, 15) is 13.0 Å². The fourth-order valence-corrected chi connectivity index (χ4v) is 2.90. The minimum absolute atomic E-state index is 0.243. The Hall–Kier alpha value is -2.76. The van der Waals surface area contributed by atoms with E-state index in [2.05, 4.69) is 11.5 Å². The van der Waals surface area contributed by atoms with Gasteiger partial charge in [0.15, 0.2) is 0 Å². The molecule has 0 bridgehead atoms. The monoisotopic (exact) mass is 375 g/mol. The van der Waals surface area contributed by atoms with Crippen molar-refractivity contribution < 1.29 is 17.7 Å². The average Bonchev–Trinajstić information content (AvgIpc) is 2.59. The second-order valence-corrected chi connectivity index (χ2v) is 7.00. The molecule has 0 aromatic heterocycles. The summed E-state index contributed by atoms with van der Waals surface area (Å²) in [4.78, 5) is -0.243. The number of nitrogens with one attached hydrogen (secondary N) is 1. The van der Waals surface area contributed by atoms with Crippen molar-refractivity contribution in [2.24, 2.45) is 0 Å². The van der Waals surface area contributed by atoms with Crippen molar-refractivity contribution >= 4 is 21.5 Å². The van der Waals surface area contributed by atoms with Crippen molar-refractivity contribution in [3.8, 4) is 11.8 Å². The van der Waals surface area contributed by atoms with Crippen molar-refractivity contribution in [2.45, 2.75) is 25.2 Å². The molecule has 0 heterocycles. The van der Waals surface area contributed by atoms with Crippen LogP contribution in [-0.2, 0) is 10.1 Å². The summed E-state index contributed by atoms with van der Waals surface area (Å²) in [7, 11) is -4.35. The van der Waals surface area contributed by atoms with Crippen molar-refractivity contribution in [1.82, 2.24) is 0 Å². The van der Waals surface area contributed by atoms with E-state index in [0.717, 1.165) is 11.3 Å². The van der Waals surface area contributed by atoms with Crippen LogP contribution in [0.2, 0.25) is 0 Å². The Labute approximate surface area is 153 Å². The Morgan fingerprint density at radius 2 is 2.04 bits per heavy atom. The van der Waals surface area contributed by atoms with Crippen LogP contribution in [0.5, 0.6) is 5.75 Å². The number of anilines is 2. The zero-order chi connectivity index (χ0) is 19.2. The molecule has 0 saturated heterocycles. The van der Waals surface area contributed by atoms with Crippen LogP contribution in [0.25, 0.3) is 0 Å². The normalized spacial score (nSPS) is 10.8. The van der Waals surface area contributed by atoms with Crippen molar-refractivity contribution in [2.75, 3.05) is 23.6 Å². The van der Waals surface area contributed by atoms with Gasteiger partial charge in [-0.3, -0.25) is 15.0 Å². The molecule has 0 fully saturated rings. The van der Waals surface area contributed by atoms with E-state index in [1.807, 2.05) is 38.1 Å². The predicted molar refractivity (Wildman–Crippen MR) is 99.8 cm³/mol. The summed E-state index contributed by atoms with van der Waals surface area (Å²) >= 11 is 0. The maximum absolute atomic E-state index is 11.5. The number of benzene rings is 2. The maximum atomic E-state index is 11.5. The number of hydrogen-bond acceptors (Lipinski definition) is 6. The van der Waals surface area contributed by atoms with E-state index in [1.165, 1.54) is 18.2 Å². The summed E-state index contributed by atoms with van der Waals surface area (Å²) in [5.74, 6) is 0.439. The Morgan fingerprint density at radius 1 is 1.27 bits per heavy atom. The molecule has 26 heavy (non-hydrogen) atoms. The van der Waals surface area contributed by atoms with Gasteiger partial charge in [-0.1, -0.05) is 12.1 Å². The quantitative estimate of drug-likeness (QED) is 0.538. The first kappa shape index (κ1) is 19.6. The van der Waals surface area contributed by atoms with E-state index in [1.54, 1.807) is 5.01 Å². The third-order valence-electron chi connectivity index (χ3n) is 3.56. The topological polar surface area (TPSA) is 103 Å². The standard InChI is InChI=1S/C18H21N3O4S/c1-3-25-18-9-8-16(26(22,23)24)13-17(18)20-21(11-5-10-19)15-7-4-6-14(2)12-15/h4,6-9,12-13,20H,3,5,11H2,1-2H3,(H,22,23,24). The molecule has 2 aromatic carbocycles. The minimum Gasteiger partial charge on any atom is -0.492 e. The van der Waals surface area contributed by atoms with E-state index in [0.29, 0.717) is 24.6 Å². The number of aryl methyl sites for hydroxylation is 1. The maximum Gasteiger partial charge on any atom is 0.294 e. The zero-order valence-electron chi connectivity index (χ0n) is 14.6. The van der Waals surface area contributed by atoms with Gasteiger partial charge in [0.05, 0.1) is 41.9 Å². The molecule has 7 nitrogen and oxygen atoms in total. The molecule has 0 aliphatic heterocycles. The lowest BCUT2D eigenvalue weighted by molar-refractivity contribution is 0.341. The summed E-state index contributed by atoms with van der Waals surface area (Å²) < 4.78 is 37.8. The molecule has 0 atom stereocenters. The van der Waals surface area contributed by atoms with Gasteiger partial charge in [0.2, 0.25) is 0 Å². The van der Waals surface area contributed by atoms with Crippen molar-refractivity contribution in [3.63, 3.8) is 0 Å². The SMILES string of the molecule is CCOc1ccc(S(=O)(=O)O)cc1NN(CCC#N)c1cccc(C)c1. The van der Waals surface area contributed by atoms with Crippen LogP contribution >= 0.6 is 0 Å². The minimum atomic E-state index is -4.35. The zero-order valence-corrected chi connectivity index (χ0v) is 15.5. The first-order valence-corrected chi connectivity index (χ1v) is 9.51. The fraction of sp³-hybridized carbons (Fsp3) is 0.278. The van der Waals surface area contributed by atoms with Gasteiger partial charge in [0, 0.05) is 0 Å². The second-order valence-electron chi connectivity index (χ2n) is 5.58. The first-order valence-electron chi connectivity index (χ1n) is 8.07. The van der Waals surface area contributed by atoms with Crippen LogP contribution in [-0.4, -0.2) is 26.1 Å². The molecule has 0 aliphatic rings. The molecule has 138 valence electrons. The lowest BCUT2D eigenvalue weighted by atomic mass is 10.2. The molecule has 2 N–H and O–H groups in total. The van der Waals surface area contributed by atoms with Gasteiger partial charge < -0.3 is 4.74 Å².